The number of aryl methyl sites for hydroxylation is 1. The number of thioether (sulfide) groups is 1. The number of aromatic nitrogens is 3. The number of carbonyl (C=O) groups is 1. The molecule has 1 aromatic heterocycles. The molecule has 144 valence electrons. The smallest absolute Gasteiger partial charge is 0.234 e. The first-order valence-corrected chi connectivity index (χ1v) is 10.2. The van der Waals surface area contributed by atoms with Crippen LogP contribution in [0.3, 0.4) is 0 Å². The van der Waals surface area contributed by atoms with Crippen molar-refractivity contribution >= 4 is 39.3 Å². The van der Waals surface area contributed by atoms with Crippen molar-refractivity contribution < 1.29 is 9.18 Å². The maximum Gasteiger partial charge on any atom is 0.234 e. The van der Waals surface area contributed by atoms with E-state index >= 15 is 0 Å². The fraction of sp³-hybridized carbons (Fsp3) is 0.150. The van der Waals surface area contributed by atoms with Gasteiger partial charge in [-0.15, -0.1) is 16.8 Å². The molecular weight excluding hydrogens is 443 g/mol. The van der Waals surface area contributed by atoms with Gasteiger partial charge in [0.05, 0.1) is 11.3 Å². The second-order valence-electron chi connectivity index (χ2n) is 5.99. The molecule has 0 radical (unpaired) electrons. The predicted molar refractivity (Wildman–Crippen MR) is 114 cm³/mol. The zero-order chi connectivity index (χ0) is 20.1. The lowest BCUT2D eigenvalue weighted by Crippen LogP contribution is -2.14. The monoisotopic (exact) mass is 460 g/mol. The number of nitrogens with one attached hydrogen (secondary N) is 1. The molecule has 3 aromatic rings. The average Bonchev–Trinajstić information content (AvgIpc) is 3.06. The Morgan fingerprint density at radius 3 is 2.82 bits per heavy atom. The summed E-state index contributed by atoms with van der Waals surface area (Å²) in [5, 5.41) is 11.6. The first-order valence-electron chi connectivity index (χ1n) is 8.47. The second-order valence-corrected chi connectivity index (χ2v) is 7.78. The van der Waals surface area contributed by atoms with Crippen LogP contribution >= 0.6 is 27.7 Å². The van der Waals surface area contributed by atoms with Gasteiger partial charge in [-0.3, -0.25) is 9.36 Å². The van der Waals surface area contributed by atoms with Crippen LogP contribution in [0.15, 0.2) is 64.7 Å². The molecule has 2 aromatic carbocycles. The highest BCUT2D eigenvalue weighted by Gasteiger charge is 2.17. The lowest BCUT2D eigenvalue weighted by atomic mass is 10.2. The molecule has 0 aliphatic heterocycles. The van der Waals surface area contributed by atoms with Crippen LogP contribution < -0.4 is 5.32 Å². The van der Waals surface area contributed by atoms with Crippen molar-refractivity contribution in [3.8, 4) is 11.4 Å². The molecule has 1 N–H and O–H groups in total. The summed E-state index contributed by atoms with van der Waals surface area (Å²) in [4.78, 5) is 12.3. The van der Waals surface area contributed by atoms with Crippen LogP contribution in [0.1, 0.15) is 5.56 Å². The molecule has 0 aliphatic carbocycles. The summed E-state index contributed by atoms with van der Waals surface area (Å²) in [5.41, 5.74) is 2.12. The molecular formula is C20H18BrFN4OS. The summed E-state index contributed by atoms with van der Waals surface area (Å²) in [5.74, 6) is 0.0265. The van der Waals surface area contributed by atoms with Gasteiger partial charge in [0.1, 0.15) is 5.82 Å². The third-order valence-electron chi connectivity index (χ3n) is 3.92. The molecule has 0 spiro atoms. The Hall–Kier alpha value is -2.45. The third kappa shape index (κ3) is 4.69. The molecule has 0 aliphatic rings. The first kappa shape index (κ1) is 20.3. The Morgan fingerprint density at radius 2 is 2.11 bits per heavy atom. The number of carbonyl (C=O) groups excluding carboxylic acids is 1. The van der Waals surface area contributed by atoms with E-state index in [-0.39, 0.29) is 17.5 Å². The van der Waals surface area contributed by atoms with Gasteiger partial charge in [-0.2, -0.15) is 0 Å². The van der Waals surface area contributed by atoms with Crippen molar-refractivity contribution in [1.82, 2.24) is 14.8 Å². The minimum atomic E-state index is -0.375. The van der Waals surface area contributed by atoms with Gasteiger partial charge < -0.3 is 5.32 Å². The van der Waals surface area contributed by atoms with Crippen molar-refractivity contribution in [2.75, 3.05) is 11.1 Å². The Morgan fingerprint density at radius 1 is 1.32 bits per heavy atom. The molecule has 28 heavy (non-hydrogen) atoms. The van der Waals surface area contributed by atoms with Gasteiger partial charge >= 0.3 is 0 Å². The molecule has 0 saturated heterocycles. The maximum atomic E-state index is 14.1. The number of nitrogens with zero attached hydrogens (tertiary/aromatic N) is 3. The van der Waals surface area contributed by atoms with E-state index in [0.717, 1.165) is 15.7 Å². The topological polar surface area (TPSA) is 59.8 Å². The van der Waals surface area contributed by atoms with Gasteiger partial charge in [0, 0.05) is 16.7 Å². The summed E-state index contributed by atoms with van der Waals surface area (Å²) in [6, 6.07) is 12.0. The van der Waals surface area contributed by atoms with Crippen molar-refractivity contribution in [3.63, 3.8) is 0 Å². The first-order chi connectivity index (χ1) is 13.5. The van der Waals surface area contributed by atoms with Crippen LogP contribution in [0, 0.1) is 12.7 Å². The van der Waals surface area contributed by atoms with Gasteiger partial charge in [-0.25, -0.2) is 4.39 Å². The van der Waals surface area contributed by atoms with Crippen LogP contribution in [-0.2, 0) is 11.3 Å². The number of anilines is 1. The van der Waals surface area contributed by atoms with E-state index in [1.807, 2.05) is 25.1 Å². The molecule has 1 amide bonds. The van der Waals surface area contributed by atoms with Crippen molar-refractivity contribution in [2.24, 2.45) is 0 Å². The number of benzene rings is 2. The van der Waals surface area contributed by atoms with Crippen molar-refractivity contribution in [3.05, 3.63) is 71.0 Å². The Labute approximate surface area is 175 Å². The van der Waals surface area contributed by atoms with Crippen LogP contribution in [0.4, 0.5) is 10.1 Å². The lowest BCUT2D eigenvalue weighted by molar-refractivity contribution is -0.113. The van der Waals surface area contributed by atoms with Gasteiger partial charge in [-0.05, 0) is 42.8 Å². The largest absolute Gasteiger partial charge is 0.325 e. The average molecular weight is 461 g/mol. The summed E-state index contributed by atoms with van der Waals surface area (Å²) in [6.07, 6.45) is 1.68. The zero-order valence-electron chi connectivity index (χ0n) is 15.2. The number of amides is 1. The van der Waals surface area contributed by atoms with Gasteiger partial charge in [0.25, 0.3) is 0 Å². The molecule has 0 unspecified atom stereocenters. The van der Waals surface area contributed by atoms with Crippen LogP contribution in [0.25, 0.3) is 11.4 Å². The highest BCUT2D eigenvalue weighted by Crippen LogP contribution is 2.26. The van der Waals surface area contributed by atoms with Gasteiger partial charge in [0.15, 0.2) is 11.0 Å². The van der Waals surface area contributed by atoms with Crippen molar-refractivity contribution in [2.45, 2.75) is 18.6 Å². The number of halogens is 2. The molecule has 3 rings (SSSR count). The lowest BCUT2D eigenvalue weighted by Gasteiger charge is -2.09. The van der Waals surface area contributed by atoms with Crippen LogP contribution in [0.5, 0.6) is 0 Å². The second kappa shape index (κ2) is 9.16. The third-order valence-corrected chi connectivity index (χ3v) is 5.77. The maximum absolute atomic E-state index is 14.1. The summed E-state index contributed by atoms with van der Waals surface area (Å²) < 4.78 is 16.9. The minimum Gasteiger partial charge on any atom is -0.325 e. The minimum absolute atomic E-state index is 0.154. The van der Waals surface area contributed by atoms with E-state index in [9.17, 15) is 9.18 Å². The Balaban J connectivity index is 1.73. The molecule has 0 bridgehead atoms. The van der Waals surface area contributed by atoms with E-state index in [0.29, 0.717) is 23.1 Å². The number of hydrogen-bond donors (Lipinski definition) is 1. The summed E-state index contributed by atoms with van der Waals surface area (Å²) in [6.45, 7) is 6.10. The van der Waals surface area contributed by atoms with Crippen molar-refractivity contribution in [1.29, 1.82) is 0 Å². The highest BCUT2D eigenvalue weighted by atomic mass is 79.9. The predicted octanol–water partition coefficient (Wildman–Crippen LogP) is 5.07. The summed E-state index contributed by atoms with van der Waals surface area (Å²) >= 11 is 4.68. The fourth-order valence-corrected chi connectivity index (χ4v) is 3.57. The molecule has 5 nitrogen and oxygen atoms in total. The van der Waals surface area contributed by atoms with Crippen LogP contribution in [-0.4, -0.2) is 26.4 Å². The Bertz CT molecular complexity index is 1020. The SMILES string of the molecule is C=CCn1c(SCC(=O)Nc2ccc(Br)c(C)c2)nnc1-c1ccccc1F. The highest BCUT2D eigenvalue weighted by molar-refractivity contribution is 9.10. The van der Waals surface area contributed by atoms with E-state index in [4.69, 9.17) is 0 Å². The van der Waals surface area contributed by atoms with E-state index in [2.05, 4.69) is 38.0 Å². The molecule has 8 heteroatoms. The number of hydrogen-bond acceptors (Lipinski definition) is 4. The van der Waals surface area contributed by atoms with Gasteiger partial charge in [0.2, 0.25) is 5.91 Å². The Kier molecular flexibility index (Phi) is 6.64. The number of allylic oxidation sites excluding steroid dienone is 1. The van der Waals surface area contributed by atoms with E-state index < -0.39 is 0 Å². The molecule has 1 heterocycles. The standard InChI is InChI=1S/C20H18BrFN4OS/c1-3-10-26-19(15-6-4-5-7-17(15)22)24-25-20(26)28-12-18(27)23-14-8-9-16(21)13(2)11-14/h3-9,11H,1,10,12H2,2H3,(H,23,27). The molecule has 0 fully saturated rings. The zero-order valence-corrected chi connectivity index (χ0v) is 17.6. The normalized spacial score (nSPS) is 10.7. The quantitative estimate of drug-likeness (QED) is 0.394. The molecule has 0 atom stereocenters. The van der Waals surface area contributed by atoms with E-state index in [1.165, 1.54) is 17.8 Å². The molecule has 0 saturated carbocycles. The van der Waals surface area contributed by atoms with E-state index in [1.54, 1.807) is 28.8 Å². The fourth-order valence-electron chi connectivity index (χ4n) is 2.58. The number of rotatable bonds is 7. The van der Waals surface area contributed by atoms with Crippen LogP contribution in [0.2, 0.25) is 0 Å². The van der Waals surface area contributed by atoms with Gasteiger partial charge in [-0.1, -0.05) is 45.9 Å². The summed E-state index contributed by atoms with van der Waals surface area (Å²) in [7, 11) is 0.